The Labute approximate surface area is 123 Å². The highest BCUT2D eigenvalue weighted by Crippen LogP contribution is 2.25. The minimum Gasteiger partial charge on any atom is -0.493 e. The maximum atomic E-state index is 5.85. The van der Waals surface area contributed by atoms with Crippen LogP contribution in [0.15, 0.2) is 12.1 Å². The molecule has 0 radical (unpaired) electrons. The third kappa shape index (κ3) is 5.67. The number of terminal acetylenes is 1. The first-order valence-electron chi connectivity index (χ1n) is 7.41. The first-order valence-corrected chi connectivity index (χ1v) is 7.41. The van der Waals surface area contributed by atoms with Crippen molar-refractivity contribution < 1.29 is 4.74 Å². The van der Waals surface area contributed by atoms with Crippen molar-refractivity contribution >= 4 is 0 Å². The predicted molar refractivity (Wildman–Crippen MR) is 86.0 cm³/mol. The molecule has 1 N–H and O–H groups in total. The van der Waals surface area contributed by atoms with Crippen LogP contribution in [0.4, 0.5) is 0 Å². The monoisotopic (exact) mass is 273 g/mol. The fourth-order valence-corrected chi connectivity index (χ4v) is 2.22. The quantitative estimate of drug-likeness (QED) is 0.574. The maximum Gasteiger partial charge on any atom is 0.125 e. The van der Waals surface area contributed by atoms with Crippen LogP contribution in [0.2, 0.25) is 0 Å². The second-order valence-corrected chi connectivity index (χ2v) is 5.74. The van der Waals surface area contributed by atoms with E-state index in [1.165, 1.54) is 16.7 Å². The van der Waals surface area contributed by atoms with Gasteiger partial charge in [-0.05, 0) is 49.4 Å². The van der Waals surface area contributed by atoms with E-state index in [1.54, 1.807) is 0 Å². The molecule has 0 saturated carbocycles. The maximum absolute atomic E-state index is 5.85. The molecular formula is C18H27NO. The normalized spacial score (nSPS) is 10.6. The molecule has 1 aromatic carbocycles. The molecule has 110 valence electrons. The van der Waals surface area contributed by atoms with Crippen LogP contribution in [0.25, 0.3) is 0 Å². The molecule has 0 spiro atoms. The number of ether oxygens (including phenoxy) is 1. The highest BCUT2D eigenvalue weighted by Gasteiger charge is 2.06. The fraction of sp³-hybridized carbons (Fsp3) is 0.556. The Morgan fingerprint density at radius 3 is 2.45 bits per heavy atom. The van der Waals surface area contributed by atoms with Crippen molar-refractivity contribution in [1.29, 1.82) is 0 Å². The standard InChI is InChI=1S/C18H27NO/c1-6-7-8-9-20-18-15(4)10-17(11-16(18)5)13-19-12-14(2)3/h1,10-11,14,19H,7-9,12-13H2,2-5H3. The lowest BCUT2D eigenvalue weighted by molar-refractivity contribution is 0.308. The van der Waals surface area contributed by atoms with Crippen molar-refractivity contribution in [2.24, 2.45) is 5.92 Å². The second kappa shape index (κ2) is 8.66. The smallest absolute Gasteiger partial charge is 0.125 e. The van der Waals surface area contributed by atoms with E-state index in [2.05, 4.69) is 51.1 Å². The van der Waals surface area contributed by atoms with Crippen molar-refractivity contribution in [3.8, 4) is 18.1 Å². The number of aryl methyl sites for hydroxylation is 2. The molecule has 1 rings (SSSR count). The topological polar surface area (TPSA) is 21.3 Å². The molecule has 1 aromatic rings. The third-order valence-electron chi connectivity index (χ3n) is 3.11. The highest BCUT2D eigenvalue weighted by atomic mass is 16.5. The van der Waals surface area contributed by atoms with Crippen LogP contribution in [-0.4, -0.2) is 13.2 Å². The molecule has 0 heterocycles. The van der Waals surface area contributed by atoms with Gasteiger partial charge in [0.2, 0.25) is 0 Å². The van der Waals surface area contributed by atoms with Crippen LogP contribution < -0.4 is 10.1 Å². The van der Waals surface area contributed by atoms with Crippen LogP contribution in [0.1, 0.15) is 43.4 Å². The number of hydrogen-bond donors (Lipinski definition) is 1. The van der Waals surface area contributed by atoms with Crippen molar-refractivity contribution in [3.63, 3.8) is 0 Å². The SMILES string of the molecule is C#CCCCOc1c(C)cc(CNCC(C)C)cc1C. The minimum atomic E-state index is 0.677. The summed E-state index contributed by atoms with van der Waals surface area (Å²) < 4.78 is 5.85. The molecule has 2 nitrogen and oxygen atoms in total. The Kier molecular flexibility index (Phi) is 7.18. The van der Waals surface area contributed by atoms with Gasteiger partial charge in [0.1, 0.15) is 5.75 Å². The lowest BCUT2D eigenvalue weighted by Gasteiger charge is -2.14. The summed E-state index contributed by atoms with van der Waals surface area (Å²) in [5.41, 5.74) is 3.72. The van der Waals surface area contributed by atoms with E-state index in [4.69, 9.17) is 11.2 Å². The second-order valence-electron chi connectivity index (χ2n) is 5.74. The molecule has 0 saturated heterocycles. The molecule has 0 aromatic heterocycles. The summed E-state index contributed by atoms with van der Waals surface area (Å²) in [6, 6.07) is 4.41. The molecule has 0 aliphatic heterocycles. The van der Waals surface area contributed by atoms with Crippen molar-refractivity contribution in [1.82, 2.24) is 5.32 Å². The molecule has 2 heteroatoms. The zero-order valence-corrected chi connectivity index (χ0v) is 13.3. The molecule has 0 aliphatic rings. The van der Waals surface area contributed by atoms with Gasteiger partial charge in [-0.25, -0.2) is 0 Å². The van der Waals surface area contributed by atoms with Gasteiger partial charge in [-0.2, -0.15) is 0 Å². The van der Waals surface area contributed by atoms with Crippen molar-refractivity contribution in [3.05, 3.63) is 28.8 Å². The van der Waals surface area contributed by atoms with E-state index in [0.29, 0.717) is 12.5 Å². The molecule has 0 fully saturated rings. The molecule has 0 bridgehead atoms. The van der Waals surface area contributed by atoms with E-state index in [-0.39, 0.29) is 0 Å². The van der Waals surface area contributed by atoms with Gasteiger partial charge in [-0.1, -0.05) is 26.0 Å². The number of unbranched alkanes of at least 4 members (excludes halogenated alkanes) is 1. The predicted octanol–water partition coefficient (Wildman–Crippen LogP) is 3.84. The van der Waals surface area contributed by atoms with E-state index in [9.17, 15) is 0 Å². The Morgan fingerprint density at radius 2 is 1.90 bits per heavy atom. The number of benzene rings is 1. The Morgan fingerprint density at radius 1 is 1.25 bits per heavy atom. The summed E-state index contributed by atoms with van der Waals surface area (Å²) in [6.07, 6.45) is 6.93. The van der Waals surface area contributed by atoms with E-state index in [1.807, 2.05) is 0 Å². The molecule has 0 amide bonds. The summed E-state index contributed by atoms with van der Waals surface area (Å²) in [5, 5.41) is 3.47. The highest BCUT2D eigenvalue weighted by molar-refractivity contribution is 5.43. The molecular weight excluding hydrogens is 246 g/mol. The van der Waals surface area contributed by atoms with E-state index < -0.39 is 0 Å². The van der Waals surface area contributed by atoms with Crippen molar-refractivity contribution in [2.45, 2.75) is 47.1 Å². The Balaban J connectivity index is 2.59. The van der Waals surface area contributed by atoms with Gasteiger partial charge < -0.3 is 10.1 Å². The molecule has 20 heavy (non-hydrogen) atoms. The minimum absolute atomic E-state index is 0.677. The summed E-state index contributed by atoms with van der Waals surface area (Å²) >= 11 is 0. The summed E-state index contributed by atoms with van der Waals surface area (Å²) in [6.45, 7) is 11.3. The van der Waals surface area contributed by atoms with Gasteiger partial charge >= 0.3 is 0 Å². The Bertz CT molecular complexity index is 434. The molecule has 0 aliphatic carbocycles. The van der Waals surface area contributed by atoms with Crippen LogP contribution in [-0.2, 0) is 6.54 Å². The van der Waals surface area contributed by atoms with E-state index >= 15 is 0 Å². The van der Waals surface area contributed by atoms with Gasteiger partial charge in [0.25, 0.3) is 0 Å². The summed E-state index contributed by atoms with van der Waals surface area (Å²) in [7, 11) is 0. The van der Waals surface area contributed by atoms with Gasteiger partial charge in [0.15, 0.2) is 0 Å². The first-order chi connectivity index (χ1) is 9.54. The first kappa shape index (κ1) is 16.6. The van der Waals surface area contributed by atoms with Gasteiger partial charge in [0.05, 0.1) is 6.61 Å². The van der Waals surface area contributed by atoms with Crippen LogP contribution in [0.5, 0.6) is 5.75 Å². The van der Waals surface area contributed by atoms with Crippen LogP contribution in [0.3, 0.4) is 0 Å². The van der Waals surface area contributed by atoms with Gasteiger partial charge in [0, 0.05) is 13.0 Å². The average Bonchev–Trinajstić information content (AvgIpc) is 2.36. The lowest BCUT2D eigenvalue weighted by Crippen LogP contribution is -2.19. The van der Waals surface area contributed by atoms with Crippen LogP contribution >= 0.6 is 0 Å². The Hall–Kier alpha value is -1.46. The summed E-state index contributed by atoms with van der Waals surface area (Å²) in [5.74, 6) is 4.32. The lowest BCUT2D eigenvalue weighted by atomic mass is 10.1. The zero-order valence-electron chi connectivity index (χ0n) is 13.3. The van der Waals surface area contributed by atoms with Crippen molar-refractivity contribution in [2.75, 3.05) is 13.2 Å². The molecule has 0 unspecified atom stereocenters. The van der Waals surface area contributed by atoms with Gasteiger partial charge in [-0.3, -0.25) is 0 Å². The average molecular weight is 273 g/mol. The fourth-order valence-electron chi connectivity index (χ4n) is 2.22. The molecule has 0 atom stereocenters. The van der Waals surface area contributed by atoms with Crippen LogP contribution in [0, 0.1) is 32.1 Å². The number of nitrogens with one attached hydrogen (secondary N) is 1. The number of rotatable bonds is 8. The van der Waals surface area contributed by atoms with Gasteiger partial charge in [-0.15, -0.1) is 12.3 Å². The third-order valence-corrected chi connectivity index (χ3v) is 3.11. The summed E-state index contributed by atoms with van der Waals surface area (Å²) in [4.78, 5) is 0. The largest absolute Gasteiger partial charge is 0.493 e. The van der Waals surface area contributed by atoms with E-state index in [0.717, 1.165) is 31.7 Å². The zero-order chi connectivity index (χ0) is 15.0. The number of hydrogen-bond acceptors (Lipinski definition) is 2.